The molecule has 0 heterocycles. The zero-order chi connectivity index (χ0) is 14.6. The minimum Gasteiger partial charge on any atom is -0.269 e. The predicted octanol–water partition coefficient (Wildman–Crippen LogP) is 4.18. The van der Waals surface area contributed by atoms with Crippen molar-refractivity contribution in [3.05, 3.63) is 65.7 Å². The summed E-state index contributed by atoms with van der Waals surface area (Å²) in [4.78, 5) is 0. The lowest BCUT2D eigenvalue weighted by Gasteiger charge is -2.12. The molecular formula is C15H13F3N2. The van der Waals surface area contributed by atoms with E-state index in [1.807, 2.05) is 30.3 Å². The first-order valence-electron chi connectivity index (χ1n) is 5.97. The van der Waals surface area contributed by atoms with Gasteiger partial charge in [0, 0.05) is 7.05 Å². The van der Waals surface area contributed by atoms with Gasteiger partial charge in [-0.3, -0.25) is 5.01 Å². The Labute approximate surface area is 115 Å². The predicted molar refractivity (Wildman–Crippen MR) is 73.9 cm³/mol. The van der Waals surface area contributed by atoms with Crippen LogP contribution in [0.4, 0.5) is 18.9 Å². The van der Waals surface area contributed by atoms with Gasteiger partial charge in [-0.2, -0.15) is 18.3 Å². The summed E-state index contributed by atoms with van der Waals surface area (Å²) >= 11 is 0. The molecule has 0 radical (unpaired) electrons. The smallest absolute Gasteiger partial charge is 0.269 e. The van der Waals surface area contributed by atoms with Crippen molar-refractivity contribution < 1.29 is 13.2 Å². The second kappa shape index (κ2) is 5.77. The lowest BCUT2D eigenvalue weighted by Crippen LogP contribution is -2.08. The van der Waals surface area contributed by atoms with Crippen molar-refractivity contribution in [2.45, 2.75) is 6.18 Å². The van der Waals surface area contributed by atoms with Crippen LogP contribution in [0.25, 0.3) is 0 Å². The van der Waals surface area contributed by atoms with Crippen molar-refractivity contribution >= 4 is 11.9 Å². The number of anilines is 1. The summed E-state index contributed by atoms with van der Waals surface area (Å²) in [5, 5.41) is 5.83. The standard InChI is InChI=1S/C15H13F3N2/c1-20(14-5-3-2-4-6-14)19-11-12-7-9-13(10-8-12)15(16,17)18/h2-11H,1H3/b19-11+. The highest BCUT2D eigenvalue weighted by atomic mass is 19.4. The van der Waals surface area contributed by atoms with E-state index in [2.05, 4.69) is 5.10 Å². The third kappa shape index (κ3) is 3.60. The number of halogens is 3. The molecule has 2 aromatic carbocycles. The van der Waals surface area contributed by atoms with Crippen molar-refractivity contribution in [1.29, 1.82) is 0 Å². The number of benzene rings is 2. The Morgan fingerprint density at radius 2 is 1.55 bits per heavy atom. The van der Waals surface area contributed by atoms with Crippen LogP contribution in [0.5, 0.6) is 0 Å². The molecule has 0 saturated heterocycles. The number of hydrogen-bond donors (Lipinski definition) is 0. The second-order valence-corrected chi connectivity index (χ2v) is 4.22. The summed E-state index contributed by atoms with van der Waals surface area (Å²) in [5.41, 5.74) is 0.850. The zero-order valence-corrected chi connectivity index (χ0v) is 10.8. The third-order valence-corrected chi connectivity index (χ3v) is 2.75. The monoisotopic (exact) mass is 278 g/mol. The first kappa shape index (κ1) is 14.1. The maximum absolute atomic E-state index is 12.4. The van der Waals surface area contributed by atoms with Gasteiger partial charge < -0.3 is 0 Å². The summed E-state index contributed by atoms with van der Waals surface area (Å²) < 4.78 is 37.2. The molecule has 104 valence electrons. The maximum Gasteiger partial charge on any atom is 0.416 e. The van der Waals surface area contributed by atoms with Crippen LogP contribution in [-0.2, 0) is 6.18 Å². The van der Waals surface area contributed by atoms with Crippen LogP contribution < -0.4 is 5.01 Å². The molecule has 0 bridgehead atoms. The summed E-state index contributed by atoms with van der Waals surface area (Å²) in [5.74, 6) is 0. The van der Waals surface area contributed by atoms with E-state index < -0.39 is 11.7 Å². The van der Waals surface area contributed by atoms with E-state index in [0.29, 0.717) is 5.56 Å². The van der Waals surface area contributed by atoms with Gasteiger partial charge >= 0.3 is 6.18 Å². The molecule has 0 aliphatic rings. The van der Waals surface area contributed by atoms with Crippen LogP contribution in [0, 0.1) is 0 Å². The SMILES string of the molecule is CN(/N=C/c1ccc(C(F)(F)F)cc1)c1ccccc1. The van der Waals surface area contributed by atoms with Gasteiger partial charge in [0.15, 0.2) is 0 Å². The molecule has 0 aliphatic carbocycles. The van der Waals surface area contributed by atoms with E-state index in [-0.39, 0.29) is 0 Å². The number of para-hydroxylation sites is 1. The molecule has 0 aromatic heterocycles. The fourth-order valence-electron chi connectivity index (χ4n) is 1.62. The van der Waals surface area contributed by atoms with Gasteiger partial charge in [-0.1, -0.05) is 30.3 Å². The molecule has 0 unspecified atom stereocenters. The third-order valence-electron chi connectivity index (χ3n) is 2.75. The van der Waals surface area contributed by atoms with Gasteiger partial charge in [-0.15, -0.1) is 0 Å². The van der Waals surface area contributed by atoms with E-state index in [1.165, 1.54) is 18.3 Å². The molecule has 0 atom stereocenters. The Morgan fingerprint density at radius 3 is 2.10 bits per heavy atom. The molecule has 2 rings (SSSR count). The maximum atomic E-state index is 12.4. The Kier molecular flexibility index (Phi) is 4.08. The van der Waals surface area contributed by atoms with E-state index in [4.69, 9.17) is 0 Å². The van der Waals surface area contributed by atoms with Crippen LogP contribution in [0.15, 0.2) is 59.7 Å². The van der Waals surface area contributed by atoms with Gasteiger partial charge in [0.25, 0.3) is 0 Å². The number of rotatable bonds is 3. The Balaban J connectivity index is 2.08. The van der Waals surface area contributed by atoms with Crippen LogP contribution in [0.3, 0.4) is 0 Å². The lowest BCUT2D eigenvalue weighted by atomic mass is 10.1. The first-order valence-corrected chi connectivity index (χ1v) is 5.97. The fourth-order valence-corrected chi connectivity index (χ4v) is 1.62. The normalized spacial score (nSPS) is 11.8. The average molecular weight is 278 g/mol. The highest BCUT2D eigenvalue weighted by Crippen LogP contribution is 2.28. The van der Waals surface area contributed by atoms with Gasteiger partial charge in [-0.05, 0) is 29.8 Å². The van der Waals surface area contributed by atoms with Gasteiger partial charge in [-0.25, -0.2) is 0 Å². The number of nitrogens with zero attached hydrogens (tertiary/aromatic N) is 2. The highest BCUT2D eigenvalue weighted by molar-refractivity contribution is 5.80. The Bertz CT molecular complexity index is 574. The van der Waals surface area contributed by atoms with E-state index in [9.17, 15) is 13.2 Å². The summed E-state index contributed by atoms with van der Waals surface area (Å²) in [6.45, 7) is 0. The largest absolute Gasteiger partial charge is 0.416 e. The van der Waals surface area contributed by atoms with Gasteiger partial charge in [0.1, 0.15) is 0 Å². The van der Waals surface area contributed by atoms with Crippen LogP contribution in [0.2, 0.25) is 0 Å². The lowest BCUT2D eigenvalue weighted by molar-refractivity contribution is -0.137. The topological polar surface area (TPSA) is 15.6 Å². The minimum absolute atomic E-state index is 0.612. The molecular weight excluding hydrogens is 265 g/mol. The van der Waals surface area contributed by atoms with Crippen LogP contribution in [0.1, 0.15) is 11.1 Å². The Hall–Kier alpha value is -2.30. The van der Waals surface area contributed by atoms with E-state index in [0.717, 1.165) is 17.8 Å². The molecule has 0 N–H and O–H groups in total. The molecule has 5 heteroatoms. The molecule has 0 aliphatic heterocycles. The molecule has 0 spiro atoms. The fraction of sp³-hybridized carbons (Fsp3) is 0.133. The van der Waals surface area contributed by atoms with Crippen LogP contribution >= 0.6 is 0 Å². The second-order valence-electron chi connectivity index (χ2n) is 4.22. The van der Waals surface area contributed by atoms with Gasteiger partial charge in [0.2, 0.25) is 0 Å². The minimum atomic E-state index is -4.31. The number of hydrogen-bond acceptors (Lipinski definition) is 2. The van der Waals surface area contributed by atoms with Crippen molar-refractivity contribution in [2.75, 3.05) is 12.1 Å². The van der Waals surface area contributed by atoms with E-state index in [1.54, 1.807) is 12.1 Å². The van der Waals surface area contributed by atoms with Crippen molar-refractivity contribution in [1.82, 2.24) is 0 Å². The van der Waals surface area contributed by atoms with Crippen molar-refractivity contribution in [2.24, 2.45) is 5.10 Å². The first-order chi connectivity index (χ1) is 9.47. The number of hydrazone groups is 1. The molecule has 0 fully saturated rings. The molecule has 2 aromatic rings. The quantitative estimate of drug-likeness (QED) is 0.607. The van der Waals surface area contributed by atoms with Crippen LogP contribution in [-0.4, -0.2) is 13.3 Å². The summed E-state index contributed by atoms with van der Waals surface area (Å²) in [6, 6.07) is 14.3. The average Bonchev–Trinajstić information content (AvgIpc) is 2.45. The summed E-state index contributed by atoms with van der Waals surface area (Å²) in [7, 11) is 1.77. The molecule has 20 heavy (non-hydrogen) atoms. The summed E-state index contributed by atoms with van der Waals surface area (Å²) in [6.07, 6.45) is -2.79. The zero-order valence-electron chi connectivity index (χ0n) is 10.8. The molecule has 0 saturated carbocycles. The Morgan fingerprint density at radius 1 is 0.950 bits per heavy atom. The van der Waals surface area contributed by atoms with Gasteiger partial charge in [0.05, 0.1) is 17.5 Å². The van der Waals surface area contributed by atoms with Crippen molar-refractivity contribution in [3.8, 4) is 0 Å². The molecule has 0 amide bonds. The van der Waals surface area contributed by atoms with E-state index >= 15 is 0 Å². The van der Waals surface area contributed by atoms with Crippen molar-refractivity contribution in [3.63, 3.8) is 0 Å². The number of alkyl halides is 3. The highest BCUT2D eigenvalue weighted by Gasteiger charge is 2.29. The molecule has 2 nitrogen and oxygen atoms in total.